The van der Waals surface area contributed by atoms with E-state index < -0.39 is 0 Å². The van der Waals surface area contributed by atoms with Crippen LogP contribution in [0.25, 0.3) is 0 Å². The summed E-state index contributed by atoms with van der Waals surface area (Å²) < 4.78 is 0. The Morgan fingerprint density at radius 1 is 1.47 bits per heavy atom. The van der Waals surface area contributed by atoms with Gasteiger partial charge in [0.15, 0.2) is 0 Å². The zero-order valence-corrected chi connectivity index (χ0v) is 10.5. The van der Waals surface area contributed by atoms with Gasteiger partial charge in [-0.2, -0.15) is 0 Å². The lowest BCUT2D eigenvalue weighted by Crippen LogP contribution is -2.22. The van der Waals surface area contributed by atoms with E-state index in [2.05, 4.69) is 17.2 Å². The maximum Gasteiger partial charge on any atom is 0.0900 e. The van der Waals surface area contributed by atoms with Crippen molar-refractivity contribution in [3.8, 4) is 0 Å². The van der Waals surface area contributed by atoms with Crippen LogP contribution in [0.2, 0.25) is 0 Å². The summed E-state index contributed by atoms with van der Waals surface area (Å²) in [5.41, 5.74) is 1.10. The molecule has 0 aliphatic heterocycles. The summed E-state index contributed by atoms with van der Waals surface area (Å²) >= 11 is 1.73. The molecule has 1 rings (SSSR count). The lowest BCUT2D eigenvalue weighted by Gasteiger charge is -2.16. The number of aryl methyl sites for hydroxylation is 2. The van der Waals surface area contributed by atoms with Crippen molar-refractivity contribution in [2.24, 2.45) is 0 Å². The van der Waals surface area contributed by atoms with Gasteiger partial charge in [0.1, 0.15) is 0 Å². The van der Waals surface area contributed by atoms with Crippen LogP contribution in [0, 0.1) is 13.8 Å². The second-order valence-electron chi connectivity index (χ2n) is 3.70. The van der Waals surface area contributed by atoms with Gasteiger partial charge in [-0.15, -0.1) is 11.3 Å². The molecule has 0 amide bonds. The van der Waals surface area contributed by atoms with E-state index in [-0.39, 0.29) is 12.6 Å². The molecule has 4 heteroatoms. The van der Waals surface area contributed by atoms with Crippen LogP contribution in [0.15, 0.2) is 0 Å². The maximum atomic E-state index is 9.04. The van der Waals surface area contributed by atoms with Gasteiger partial charge in [0.05, 0.1) is 10.7 Å². The van der Waals surface area contributed by atoms with Crippen LogP contribution in [-0.2, 0) is 0 Å². The Balaban J connectivity index is 2.73. The summed E-state index contributed by atoms with van der Waals surface area (Å²) in [5.74, 6) is 0. The third-order valence-corrected chi connectivity index (χ3v) is 3.50. The molecule has 0 radical (unpaired) electrons. The minimum absolute atomic E-state index is 0.220. The van der Waals surface area contributed by atoms with Crippen molar-refractivity contribution in [2.75, 3.05) is 13.2 Å². The highest BCUT2D eigenvalue weighted by molar-refractivity contribution is 7.11. The van der Waals surface area contributed by atoms with Gasteiger partial charge in [0, 0.05) is 17.5 Å². The molecular formula is C11H20N2OS. The Hall–Kier alpha value is -0.450. The van der Waals surface area contributed by atoms with Gasteiger partial charge in [0.25, 0.3) is 0 Å². The van der Waals surface area contributed by atoms with E-state index in [0.29, 0.717) is 0 Å². The second kappa shape index (κ2) is 6.20. The Bertz CT molecular complexity index is 299. The van der Waals surface area contributed by atoms with Crippen LogP contribution in [0.4, 0.5) is 0 Å². The van der Waals surface area contributed by atoms with Crippen molar-refractivity contribution in [2.45, 2.75) is 39.7 Å². The summed E-state index contributed by atoms with van der Waals surface area (Å²) in [6.07, 6.45) is 1.88. The van der Waals surface area contributed by atoms with Gasteiger partial charge in [-0.05, 0) is 33.2 Å². The molecule has 0 bridgehead atoms. The largest absolute Gasteiger partial charge is 0.396 e. The van der Waals surface area contributed by atoms with E-state index in [1.165, 1.54) is 4.88 Å². The van der Waals surface area contributed by atoms with Crippen molar-refractivity contribution in [3.05, 3.63) is 15.6 Å². The first-order valence-corrected chi connectivity index (χ1v) is 6.28. The fourth-order valence-corrected chi connectivity index (χ4v) is 2.68. The van der Waals surface area contributed by atoms with Crippen LogP contribution in [0.3, 0.4) is 0 Å². The normalized spacial score (nSPS) is 13.1. The lowest BCUT2D eigenvalue weighted by molar-refractivity contribution is 0.266. The van der Waals surface area contributed by atoms with Gasteiger partial charge in [-0.3, -0.25) is 0 Å². The summed E-state index contributed by atoms with van der Waals surface area (Å²) in [6, 6.07) is 0.265. The van der Waals surface area contributed by atoms with Gasteiger partial charge in [0.2, 0.25) is 0 Å². The first-order chi connectivity index (χ1) is 7.19. The number of rotatable bonds is 6. The highest BCUT2D eigenvalue weighted by Crippen LogP contribution is 2.26. The first kappa shape index (κ1) is 12.6. The average Bonchev–Trinajstić information content (AvgIpc) is 2.52. The molecule has 0 fully saturated rings. The Labute approximate surface area is 95.6 Å². The monoisotopic (exact) mass is 228 g/mol. The fourth-order valence-electron chi connectivity index (χ4n) is 1.64. The van der Waals surface area contributed by atoms with Gasteiger partial charge in [-0.25, -0.2) is 4.98 Å². The van der Waals surface area contributed by atoms with Crippen molar-refractivity contribution < 1.29 is 5.11 Å². The molecule has 1 aromatic heterocycles. The molecule has 1 heterocycles. The molecule has 0 spiro atoms. The van der Waals surface area contributed by atoms with Gasteiger partial charge < -0.3 is 10.4 Å². The smallest absolute Gasteiger partial charge is 0.0900 e. The molecule has 1 aromatic rings. The number of nitrogens with one attached hydrogen (secondary N) is 1. The number of aliphatic hydroxyl groups excluding tert-OH is 1. The lowest BCUT2D eigenvalue weighted by atomic mass is 10.1. The molecule has 0 saturated heterocycles. The molecule has 1 atom stereocenters. The predicted molar refractivity (Wildman–Crippen MR) is 64.3 cm³/mol. The van der Waals surface area contributed by atoms with Crippen LogP contribution in [0.1, 0.15) is 41.4 Å². The summed E-state index contributed by atoms with van der Waals surface area (Å²) in [4.78, 5) is 5.69. The summed E-state index contributed by atoms with van der Waals surface area (Å²) in [7, 11) is 0. The minimum atomic E-state index is 0.220. The number of thiazole rings is 1. The Kier molecular flexibility index (Phi) is 5.22. The van der Waals surface area contributed by atoms with Crippen molar-refractivity contribution in [1.82, 2.24) is 10.3 Å². The van der Waals surface area contributed by atoms with Crippen LogP contribution < -0.4 is 5.32 Å². The first-order valence-electron chi connectivity index (χ1n) is 5.47. The highest BCUT2D eigenvalue weighted by Gasteiger charge is 2.15. The van der Waals surface area contributed by atoms with Crippen molar-refractivity contribution >= 4 is 11.3 Å². The summed E-state index contributed by atoms with van der Waals surface area (Å²) in [6.45, 7) is 7.42. The van der Waals surface area contributed by atoms with E-state index in [1.54, 1.807) is 11.3 Å². The van der Waals surface area contributed by atoms with E-state index in [0.717, 1.165) is 30.1 Å². The molecule has 15 heavy (non-hydrogen) atoms. The molecule has 86 valence electrons. The standard InChI is InChI=1S/C11H20N2OS/c1-4-6-12-10(5-7-14)11-8(2)13-9(3)15-11/h10,12,14H,4-7H2,1-3H3. The topological polar surface area (TPSA) is 45.1 Å². The third kappa shape index (κ3) is 3.55. The van der Waals surface area contributed by atoms with E-state index >= 15 is 0 Å². The van der Waals surface area contributed by atoms with E-state index in [1.807, 2.05) is 13.8 Å². The number of hydrogen-bond donors (Lipinski definition) is 2. The van der Waals surface area contributed by atoms with Crippen molar-refractivity contribution in [3.63, 3.8) is 0 Å². The minimum Gasteiger partial charge on any atom is -0.396 e. The van der Waals surface area contributed by atoms with E-state index in [4.69, 9.17) is 5.11 Å². The molecule has 1 unspecified atom stereocenters. The fraction of sp³-hybridized carbons (Fsp3) is 0.727. The van der Waals surface area contributed by atoms with Crippen LogP contribution in [0.5, 0.6) is 0 Å². The average molecular weight is 228 g/mol. The molecule has 0 aliphatic rings. The second-order valence-corrected chi connectivity index (χ2v) is 4.94. The molecule has 2 N–H and O–H groups in total. The predicted octanol–water partition coefficient (Wildman–Crippen LogP) is 2.18. The van der Waals surface area contributed by atoms with Crippen molar-refractivity contribution in [1.29, 1.82) is 0 Å². The zero-order chi connectivity index (χ0) is 11.3. The van der Waals surface area contributed by atoms with Gasteiger partial charge in [-0.1, -0.05) is 6.92 Å². The Morgan fingerprint density at radius 2 is 2.20 bits per heavy atom. The molecule has 3 nitrogen and oxygen atoms in total. The zero-order valence-electron chi connectivity index (χ0n) is 9.71. The number of nitrogens with zero attached hydrogens (tertiary/aromatic N) is 1. The van der Waals surface area contributed by atoms with E-state index in [9.17, 15) is 0 Å². The van der Waals surface area contributed by atoms with Crippen LogP contribution in [-0.4, -0.2) is 23.2 Å². The molecule has 0 aliphatic carbocycles. The maximum absolute atomic E-state index is 9.04. The molecule has 0 aromatic carbocycles. The van der Waals surface area contributed by atoms with Crippen LogP contribution >= 0.6 is 11.3 Å². The molecular weight excluding hydrogens is 208 g/mol. The number of hydrogen-bond acceptors (Lipinski definition) is 4. The number of aromatic nitrogens is 1. The number of aliphatic hydroxyl groups is 1. The Morgan fingerprint density at radius 3 is 2.67 bits per heavy atom. The highest BCUT2D eigenvalue weighted by atomic mass is 32.1. The van der Waals surface area contributed by atoms with Gasteiger partial charge >= 0.3 is 0 Å². The summed E-state index contributed by atoms with van der Waals surface area (Å²) in [5, 5.41) is 13.6. The quantitative estimate of drug-likeness (QED) is 0.784. The third-order valence-electron chi connectivity index (χ3n) is 2.31. The molecule has 0 saturated carbocycles. The SMILES string of the molecule is CCCNC(CCO)c1sc(C)nc1C.